The van der Waals surface area contributed by atoms with Gasteiger partial charge in [-0.15, -0.1) is 0 Å². The number of hydrogen-bond donors (Lipinski definition) is 3. The van der Waals surface area contributed by atoms with Crippen molar-refractivity contribution in [1.29, 1.82) is 0 Å². The molecule has 0 saturated heterocycles. The first kappa shape index (κ1) is 15.0. The predicted octanol–water partition coefficient (Wildman–Crippen LogP) is 0.826. The summed E-state index contributed by atoms with van der Waals surface area (Å²) in [6.45, 7) is 4.18. The van der Waals surface area contributed by atoms with E-state index in [1.807, 2.05) is 6.92 Å². The number of benzene rings is 1. The summed E-state index contributed by atoms with van der Waals surface area (Å²) in [4.78, 5) is 35.1. The third-order valence-electron chi connectivity index (χ3n) is 3.29. The molecule has 1 aromatic carbocycles. The average Bonchev–Trinajstić information content (AvgIpc) is 2.83. The molecule has 3 N–H and O–H groups in total. The fourth-order valence-electron chi connectivity index (χ4n) is 2.10. The Labute approximate surface area is 123 Å². The third kappa shape index (κ3) is 3.59. The van der Waals surface area contributed by atoms with E-state index < -0.39 is 6.04 Å². The van der Waals surface area contributed by atoms with E-state index in [0.717, 1.165) is 12.0 Å². The molecule has 3 amide bonds. The largest absolute Gasteiger partial charge is 0.354 e. The first-order valence-corrected chi connectivity index (χ1v) is 7.02. The van der Waals surface area contributed by atoms with Crippen LogP contribution >= 0.6 is 0 Å². The Morgan fingerprint density at radius 1 is 1.38 bits per heavy atom. The van der Waals surface area contributed by atoms with Crippen molar-refractivity contribution >= 4 is 23.4 Å². The normalized spacial score (nSPS) is 14.1. The zero-order valence-corrected chi connectivity index (χ0v) is 12.2. The van der Waals surface area contributed by atoms with E-state index in [2.05, 4.69) is 16.0 Å². The molecule has 0 aromatic heterocycles. The molecule has 1 aliphatic rings. The minimum absolute atomic E-state index is 0.0742. The van der Waals surface area contributed by atoms with Crippen molar-refractivity contribution in [3.05, 3.63) is 29.3 Å². The van der Waals surface area contributed by atoms with Gasteiger partial charge in [0.15, 0.2) is 0 Å². The number of carbonyl (C=O) groups is 3. The molecule has 0 radical (unpaired) electrons. The number of rotatable bonds is 5. The van der Waals surface area contributed by atoms with E-state index in [4.69, 9.17) is 0 Å². The zero-order chi connectivity index (χ0) is 15.4. The predicted molar refractivity (Wildman–Crippen MR) is 79.0 cm³/mol. The number of amides is 3. The van der Waals surface area contributed by atoms with Gasteiger partial charge < -0.3 is 16.0 Å². The zero-order valence-electron chi connectivity index (χ0n) is 12.2. The molecule has 0 saturated carbocycles. The van der Waals surface area contributed by atoms with Gasteiger partial charge in [0.05, 0.1) is 6.42 Å². The second-order valence-electron chi connectivity index (χ2n) is 5.08. The van der Waals surface area contributed by atoms with Crippen LogP contribution < -0.4 is 16.0 Å². The van der Waals surface area contributed by atoms with E-state index in [1.165, 1.54) is 0 Å². The molecule has 0 aliphatic carbocycles. The lowest BCUT2D eigenvalue weighted by Crippen LogP contribution is -2.45. The van der Waals surface area contributed by atoms with Crippen LogP contribution in [0.1, 0.15) is 36.2 Å². The van der Waals surface area contributed by atoms with Gasteiger partial charge >= 0.3 is 0 Å². The van der Waals surface area contributed by atoms with Crippen LogP contribution in [0.3, 0.4) is 0 Å². The fourth-order valence-corrected chi connectivity index (χ4v) is 2.10. The highest BCUT2D eigenvalue weighted by Gasteiger charge is 2.20. The van der Waals surface area contributed by atoms with Gasteiger partial charge in [0.1, 0.15) is 6.04 Å². The molecule has 1 heterocycles. The SMILES string of the molecule is CCCNC(=O)C(C)NC(=O)c1ccc2c(c1)NC(=O)C2. The van der Waals surface area contributed by atoms with E-state index in [1.54, 1.807) is 25.1 Å². The van der Waals surface area contributed by atoms with Gasteiger partial charge in [-0.1, -0.05) is 13.0 Å². The first-order chi connectivity index (χ1) is 10.0. The van der Waals surface area contributed by atoms with E-state index >= 15 is 0 Å². The summed E-state index contributed by atoms with van der Waals surface area (Å²) in [7, 11) is 0. The lowest BCUT2D eigenvalue weighted by atomic mass is 10.1. The van der Waals surface area contributed by atoms with Crippen LogP contribution in [0.4, 0.5) is 5.69 Å². The Morgan fingerprint density at radius 3 is 2.86 bits per heavy atom. The maximum Gasteiger partial charge on any atom is 0.251 e. The van der Waals surface area contributed by atoms with Crippen molar-refractivity contribution in [2.75, 3.05) is 11.9 Å². The van der Waals surface area contributed by atoms with Gasteiger partial charge in [0.25, 0.3) is 5.91 Å². The van der Waals surface area contributed by atoms with Crippen LogP contribution in [0.5, 0.6) is 0 Å². The summed E-state index contributed by atoms with van der Waals surface area (Å²) in [6.07, 6.45) is 1.18. The molecule has 2 rings (SSSR count). The van der Waals surface area contributed by atoms with Crippen LogP contribution in [-0.4, -0.2) is 30.3 Å². The minimum Gasteiger partial charge on any atom is -0.354 e. The van der Waals surface area contributed by atoms with Gasteiger partial charge in [0, 0.05) is 17.8 Å². The van der Waals surface area contributed by atoms with E-state index in [9.17, 15) is 14.4 Å². The Hall–Kier alpha value is -2.37. The summed E-state index contributed by atoms with van der Waals surface area (Å²) in [6, 6.07) is 4.44. The molecule has 0 bridgehead atoms. The highest BCUT2D eigenvalue weighted by molar-refractivity contribution is 6.03. The Bertz CT molecular complexity index is 584. The van der Waals surface area contributed by atoms with Crippen molar-refractivity contribution < 1.29 is 14.4 Å². The summed E-state index contributed by atoms with van der Waals surface area (Å²) in [5, 5.41) is 8.07. The molecule has 6 nitrogen and oxygen atoms in total. The summed E-state index contributed by atoms with van der Waals surface area (Å²) >= 11 is 0. The number of anilines is 1. The standard InChI is InChI=1S/C15H19N3O3/c1-3-6-16-14(20)9(2)17-15(21)11-5-4-10-8-13(19)18-12(10)7-11/h4-5,7,9H,3,6,8H2,1-2H3,(H,16,20)(H,17,21)(H,18,19). The van der Waals surface area contributed by atoms with E-state index in [0.29, 0.717) is 24.2 Å². The molecule has 6 heteroatoms. The van der Waals surface area contributed by atoms with Crippen molar-refractivity contribution in [1.82, 2.24) is 10.6 Å². The molecule has 1 aromatic rings. The van der Waals surface area contributed by atoms with E-state index in [-0.39, 0.29) is 17.7 Å². The molecule has 21 heavy (non-hydrogen) atoms. The van der Waals surface area contributed by atoms with Crippen molar-refractivity contribution in [2.24, 2.45) is 0 Å². The number of nitrogens with one attached hydrogen (secondary N) is 3. The molecular formula is C15H19N3O3. The topological polar surface area (TPSA) is 87.3 Å². The number of carbonyl (C=O) groups excluding carboxylic acids is 3. The lowest BCUT2D eigenvalue weighted by molar-refractivity contribution is -0.122. The van der Waals surface area contributed by atoms with Gasteiger partial charge in [-0.2, -0.15) is 0 Å². The fraction of sp³-hybridized carbons (Fsp3) is 0.400. The Balaban J connectivity index is 1.99. The Kier molecular flexibility index (Phi) is 4.57. The van der Waals surface area contributed by atoms with Gasteiger partial charge in [0.2, 0.25) is 11.8 Å². The van der Waals surface area contributed by atoms with Crippen LogP contribution in [0, 0.1) is 0 Å². The maximum atomic E-state index is 12.1. The maximum absolute atomic E-state index is 12.1. The molecular weight excluding hydrogens is 270 g/mol. The molecule has 1 atom stereocenters. The summed E-state index contributed by atoms with van der Waals surface area (Å²) < 4.78 is 0. The minimum atomic E-state index is -0.605. The quantitative estimate of drug-likeness (QED) is 0.750. The monoisotopic (exact) mass is 289 g/mol. The van der Waals surface area contributed by atoms with Gasteiger partial charge in [-0.3, -0.25) is 14.4 Å². The van der Waals surface area contributed by atoms with Crippen molar-refractivity contribution in [3.8, 4) is 0 Å². The smallest absolute Gasteiger partial charge is 0.251 e. The highest BCUT2D eigenvalue weighted by Crippen LogP contribution is 2.23. The van der Waals surface area contributed by atoms with Crippen LogP contribution in [0.15, 0.2) is 18.2 Å². The second kappa shape index (κ2) is 6.39. The molecule has 0 fully saturated rings. The average molecular weight is 289 g/mol. The van der Waals surface area contributed by atoms with Gasteiger partial charge in [-0.05, 0) is 31.0 Å². The molecule has 0 spiro atoms. The van der Waals surface area contributed by atoms with Crippen LogP contribution in [-0.2, 0) is 16.0 Å². The molecule has 112 valence electrons. The van der Waals surface area contributed by atoms with Crippen LogP contribution in [0.2, 0.25) is 0 Å². The molecule has 1 unspecified atom stereocenters. The number of hydrogen-bond acceptors (Lipinski definition) is 3. The van der Waals surface area contributed by atoms with Crippen LogP contribution in [0.25, 0.3) is 0 Å². The lowest BCUT2D eigenvalue weighted by Gasteiger charge is -2.14. The first-order valence-electron chi connectivity index (χ1n) is 7.02. The summed E-state index contributed by atoms with van der Waals surface area (Å²) in [5.41, 5.74) is 1.96. The number of fused-ring (bicyclic) bond motifs is 1. The third-order valence-corrected chi connectivity index (χ3v) is 3.29. The highest BCUT2D eigenvalue weighted by atomic mass is 16.2. The van der Waals surface area contributed by atoms with Crippen molar-refractivity contribution in [2.45, 2.75) is 32.7 Å². The summed E-state index contributed by atoms with van der Waals surface area (Å²) in [5.74, 6) is -0.618. The van der Waals surface area contributed by atoms with Crippen molar-refractivity contribution in [3.63, 3.8) is 0 Å². The Morgan fingerprint density at radius 2 is 2.14 bits per heavy atom. The second-order valence-corrected chi connectivity index (χ2v) is 5.08. The molecule has 1 aliphatic heterocycles. The van der Waals surface area contributed by atoms with Gasteiger partial charge in [-0.25, -0.2) is 0 Å².